The van der Waals surface area contributed by atoms with E-state index >= 15 is 0 Å². The summed E-state index contributed by atoms with van der Waals surface area (Å²) in [6.45, 7) is 8.25. The van der Waals surface area contributed by atoms with Gasteiger partial charge in [-0.1, -0.05) is 13.3 Å². The van der Waals surface area contributed by atoms with Crippen molar-refractivity contribution in [2.24, 2.45) is 4.99 Å². The van der Waals surface area contributed by atoms with Crippen molar-refractivity contribution in [3.05, 3.63) is 0 Å². The molecule has 4 amide bonds. The van der Waals surface area contributed by atoms with E-state index in [4.69, 9.17) is 9.73 Å². The third-order valence-electron chi connectivity index (χ3n) is 5.88. The highest BCUT2D eigenvalue weighted by Gasteiger charge is 2.52. The molecular weight excluding hydrogens is 388 g/mol. The van der Waals surface area contributed by atoms with Crippen LogP contribution >= 0.6 is 0 Å². The van der Waals surface area contributed by atoms with E-state index in [0.29, 0.717) is 45.2 Å². The zero-order valence-electron chi connectivity index (χ0n) is 18.5. The largest absolute Gasteiger partial charge is 0.450 e. The number of ether oxygens (including phenoxy) is 1. The maximum atomic E-state index is 12.9. The average molecular weight is 422 g/mol. The van der Waals surface area contributed by atoms with Crippen molar-refractivity contribution in [2.75, 3.05) is 60.0 Å². The third kappa shape index (κ3) is 4.33. The van der Waals surface area contributed by atoms with Gasteiger partial charge in [0, 0.05) is 40.3 Å². The van der Waals surface area contributed by atoms with Crippen molar-refractivity contribution < 1.29 is 23.7 Å². The van der Waals surface area contributed by atoms with Crippen LogP contribution in [-0.2, 0) is 9.53 Å². The normalized spacial score (nSPS) is 22.6. The van der Waals surface area contributed by atoms with Gasteiger partial charge in [-0.25, -0.2) is 14.2 Å². The molecule has 0 bridgehead atoms. The maximum Gasteiger partial charge on any atom is 0.409 e. The number of hydrogen-bond donors (Lipinski definition) is 0. The summed E-state index contributed by atoms with van der Waals surface area (Å²) in [5, 5.41) is 0. The fourth-order valence-electron chi connectivity index (χ4n) is 4.07. The van der Waals surface area contributed by atoms with Gasteiger partial charge >= 0.3 is 18.0 Å². The molecule has 2 saturated heterocycles. The minimum absolute atomic E-state index is 0.226. The predicted octanol–water partition coefficient (Wildman–Crippen LogP) is 0.666. The molecule has 10 heteroatoms. The van der Waals surface area contributed by atoms with Crippen LogP contribution in [0, 0.1) is 0 Å². The summed E-state index contributed by atoms with van der Waals surface area (Å²) in [6.07, 6.45) is 2.85. The molecule has 0 aromatic heterocycles. The standard InChI is InChI=1S/C20H33N6O4/c1-5-7-8-9-26-15(14-24-10-12-25(13-11-24)20(29)30-6-2)21-17-16(26)18(27)23(4)19(28)22(17)3/h16H,5-14H2,1-4H3/q+1. The molecule has 0 aromatic carbocycles. The fraction of sp³-hybridized carbons (Fsp3) is 0.750. The minimum Gasteiger partial charge on any atom is -0.450 e. The average Bonchev–Trinajstić information content (AvgIpc) is 3.10. The van der Waals surface area contributed by atoms with Crippen molar-refractivity contribution >= 4 is 29.7 Å². The van der Waals surface area contributed by atoms with E-state index in [1.165, 1.54) is 16.8 Å². The number of amides is 4. The molecule has 2 fully saturated rings. The highest BCUT2D eigenvalue weighted by atomic mass is 16.6. The van der Waals surface area contributed by atoms with Crippen LogP contribution in [0.2, 0.25) is 0 Å². The number of amidine groups is 2. The van der Waals surface area contributed by atoms with Gasteiger partial charge in [-0.05, 0) is 24.8 Å². The van der Waals surface area contributed by atoms with Crippen LogP contribution in [0.15, 0.2) is 4.99 Å². The number of urea groups is 1. The maximum absolute atomic E-state index is 12.9. The zero-order valence-corrected chi connectivity index (χ0v) is 18.5. The molecule has 3 aliphatic rings. The molecule has 166 valence electrons. The number of nitrogens with zero attached hydrogens (tertiary/aromatic N) is 6. The fourth-order valence-corrected chi connectivity index (χ4v) is 4.07. The third-order valence-corrected chi connectivity index (χ3v) is 5.88. The quantitative estimate of drug-likeness (QED) is 0.445. The summed E-state index contributed by atoms with van der Waals surface area (Å²) < 4.78 is 7.14. The number of aliphatic imine (C=N–C) groups is 1. The van der Waals surface area contributed by atoms with Crippen molar-refractivity contribution in [3.8, 4) is 0 Å². The lowest BCUT2D eigenvalue weighted by Gasteiger charge is -2.33. The van der Waals surface area contributed by atoms with Gasteiger partial charge in [0.05, 0.1) is 13.2 Å². The molecule has 0 radical (unpaired) electrons. The monoisotopic (exact) mass is 421 g/mol. The van der Waals surface area contributed by atoms with Gasteiger partial charge in [-0.15, -0.1) is 0 Å². The minimum atomic E-state index is -0.537. The molecule has 0 saturated carbocycles. The zero-order chi connectivity index (χ0) is 21.8. The SMILES string of the molecule is CCCCC[N+]1=C(CN2CCN(C(=O)OCC)CC2)N=C2C1C(=O)N(C)C(=O)N2C. The molecule has 30 heavy (non-hydrogen) atoms. The van der Waals surface area contributed by atoms with Crippen LogP contribution in [0.1, 0.15) is 33.1 Å². The first-order valence-electron chi connectivity index (χ1n) is 10.8. The highest BCUT2D eigenvalue weighted by molar-refractivity contribution is 6.23. The molecule has 0 aliphatic carbocycles. The molecule has 3 heterocycles. The second-order valence-corrected chi connectivity index (χ2v) is 7.89. The number of carbonyl (C=O) groups excluding carboxylic acids is 3. The Labute approximate surface area is 177 Å². The number of likely N-dealkylation sites (N-methyl/N-ethyl adjacent to an activating group) is 2. The van der Waals surface area contributed by atoms with Gasteiger partial charge in [0.15, 0.2) is 0 Å². The van der Waals surface area contributed by atoms with Gasteiger partial charge in [-0.3, -0.25) is 19.5 Å². The van der Waals surface area contributed by atoms with Crippen LogP contribution in [0.25, 0.3) is 0 Å². The van der Waals surface area contributed by atoms with Gasteiger partial charge in [0.1, 0.15) is 6.54 Å². The summed E-state index contributed by atoms with van der Waals surface area (Å²) >= 11 is 0. The molecule has 0 aromatic rings. The molecule has 3 rings (SSSR count). The Balaban J connectivity index is 1.75. The predicted molar refractivity (Wildman–Crippen MR) is 112 cm³/mol. The van der Waals surface area contributed by atoms with Crippen molar-refractivity contribution in [1.82, 2.24) is 19.6 Å². The summed E-state index contributed by atoms with van der Waals surface area (Å²) in [7, 11) is 3.19. The molecule has 0 N–H and O–H groups in total. The van der Waals surface area contributed by atoms with Crippen LogP contribution in [0.4, 0.5) is 9.59 Å². The lowest BCUT2D eigenvalue weighted by atomic mass is 10.1. The summed E-state index contributed by atoms with van der Waals surface area (Å²) in [5.41, 5.74) is 0. The van der Waals surface area contributed by atoms with Crippen LogP contribution in [0.5, 0.6) is 0 Å². The molecule has 0 spiro atoms. The lowest BCUT2D eigenvalue weighted by molar-refractivity contribution is -0.537. The molecule has 10 nitrogen and oxygen atoms in total. The molecule has 3 aliphatic heterocycles. The van der Waals surface area contributed by atoms with Crippen molar-refractivity contribution in [1.29, 1.82) is 0 Å². The van der Waals surface area contributed by atoms with Gasteiger partial charge in [0.25, 0.3) is 17.8 Å². The Kier molecular flexibility index (Phi) is 7.06. The number of carbonyl (C=O) groups is 3. The molecule has 1 unspecified atom stereocenters. The van der Waals surface area contributed by atoms with E-state index in [2.05, 4.69) is 16.4 Å². The summed E-state index contributed by atoms with van der Waals surface area (Å²) in [4.78, 5) is 48.5. The Morgan fingerprint density at radius 2 is 1.80 bits per heavy atom. The first-order chi connectivity index (χ1) is 14.4. The van der Waals surface area contributed by atoms with Gasteiger partial charge < -0.3 is 9.64 Å². The number of piperazine rings is 1. The first kappa shape index (κ1) is 22.2. The number of hydrogen-bond acceptors (Lipinski definition) is 6. The second-order valence-electron chi connectivity index (χ2n) is 7.89. The smallest absolute Gasteiger partial charge is 0.409 e. The van der Waals surface area contributed by atoms with E-state index < -0.39 is 6.04 Å². The number of rotatable bonds is 7. The van der Waals surface area contributed by atoms with Crippen LogP contribution in [-0.4, -0.2) is 120 Å². The number of unbranched alkanes of at least 4 members (excludes halogenated alkanes) is 2. The second kappa shape index (κ2) is 9.55. The first-order valence-corrected chi connectivity index (χ1v) is 10.8. The van der Waals surface area contributed by atoms with Crippen molar-refractivity contribution in [3.63, 3.8) is 0 Å². The van der Waals surface area contributed by atoms with Crippen LogP contribution < -0.4 is 0 Å². The highest BCUT2D eigenvalue weighted by Crippen LogP contribution is 2.20. The Morgan fingerprint density at radius 3 is 2.43 bits per heavy atom. The van der Waals surface area contributed by atoms with E-state index in [-0.39, 0.29) is 18.0 Å². The van der Waals surface area contributed by atoms with E-state index in [0.717, 1.165) is 31.6 Å². The van der Waals surface area contributed by atoms with Crippen LogP contribution in [0.3, 0.4) is 0 Å². The van der Waals surface area contributed by atoms with E-state index in [9.17, 15) is 14.4 Å². The van der Waals surface area contributed by atoms with Gasteiger partial charge in [0.2, 0.25) is 0 Å². The lowest BCUT2D eigenvalue weighted by Crippen LogP contribution is -2.61. The van der Waals surface area contributed by atoms with E-state index in [1.54, 1.807) is 18.9 Å². The number of fused-ring (bicyclic) bond motifs is 1. The summed E-state index contributed by atoms with van der Waals surface area (Å²) in [5.74, 6) is 1.11. The summed E-state index contributed by atoms with van der Waals surface area (Å²) in [6, 6.07) is -0.891. The van der Waals surface area contributed by atoms with E-state index in [1.807, 2.05) is 0 Å². The Morgan fingerprint density at radius 1 is 1.10 bits per heavy atom. The Bertz CT molecular complexity index is 756. The number of imide groups is 1. The molecule has 1 atom stereocenters. The van der Waals surface area contributed by atoms with Crippen molar-refractivity contribution in [2.45, 2.75) is 39.2 Å². The molecular formula is C20H33N6O4+. The van der Waals surface area contributed by atoms with Gasteiger partial charge in [-0.2, -0.15) is 0 Å². The Hall–Kier alpha value is -2.49. The topological polar surface area (TPSA) is 88.8 Å².